The molecule has 0 aromatic heterocycles. The van der Waals surface area contributed by atoms with E-state index in [9.17, 15) is 0 Å². The summed E-state index contributed by atoms with van der Waals surface area (Å²) >= 11 is -3.06. The molecule has 0 saturated heterocycles. The zero-order valence-electron chi connectivity index (χ0n) is 18.6. The van der Waals surface area contributed by atoms with E-state index in [1.54, 1.807) is 22.3 Å². The largest absolute Gasteiger partial charge is 0.147 e. The smallest absolute Gasteiger partial charge is 0.147 e. The van der Waals surface area contributed by atoms with Crippen LogP contribution in [0.15, 0.2) is 41.0 Å². The van der Waals surface area contributed by atoms with Gasteiger partial charge >= 0.3 is 154 Å². The molecule has 0 amide bonds. The average Bonchev–Trinajstić information content (AvgIpc) is 2.91. The van der Waals surface area contributed by atoms with E-state index in [0.29, 0.717) is 0 Å². The van der Waals surface area contributed by atoms with Gasteiger partial charge in [-0.25, -0.2) is 0 Å². The van der Waals surface area contributed by atoms with Gasteiger partial charge in [0.15, 0.2) is 0 Å². The topological polar surface area (TPSA) is 0 Å². The zero-order chi connectivity index (χ0) is 18.7. The molecule has 2 aliphatic rings. The summed E-state index contributed by atoms with van der Waals surface area (Å²) in [7, 11) is 0. The summed E-state index contributed by atoms with van der Waals surface area (Å²) in [5, 5.41) is 0. The first-order valence-electron chi connectivity index (χ1n) is 9.42. The summed E-state index contributed by atoms with van der Waals surface area (Å²) in [6.45, 7) is 21.3. The Kier molecular flexibility index (Phi) is 8.00. The number of hydrogen-bond donors (Lipinski definition) is 0. The summed E-state index contributed by atoms with van der Waals surface area (Å²) in [5.74, 6) is 0. The summed E-state index contributed by atoms with van der Waals surface area (Å²) in [4.78, 5) is 0. The van der Waals surface area contributed by atoms with Crippen LogP contribution in [0.3, 0.4) is 0 Å². The van der Waals surface area contributed by atoms with Crippen LogP contribution in [-0.2, 0) is 17.4 Å². The molecule has 0 unspecified atom stereocenters. The minimum absolute atomic E-state index is 0. The fourth-order valence-electron chi connectivity index (χ4n) is 4.44. The first-order valence-corrected chi connectivity index (χ1v) is 22.7. The van der Waals surface area contributed by atoms with Crippen molar-refractivity contribution in [3.63, 3.8) is 0 Å². The van der Waals surface area contributed by atoms with Crippen molar-refractivity contribution in [3.8, 4) is 0 Å². The number of hydrogen-bond acceptors (Lipinski definition) is 0. The van der Waals surface area contributed by atoms with E-state index in [4.69, 9.17) is 0 Å². The van der Waals surface area contributed by atoms with Gasteiger partial charge in [0.1, 0.15) is 0 Å². The molecule has 2 rings (SSSR count). The maximum atomic E-state index is 2.68. The summed E-state index contributed by atoms with van der Waals surface area (Å²) in [6, 6.07) is 0. The van der Waals surface area contributed by atoms with Crippen molar-refractivity contribution < 1.29 is 17.4 Å². The van der Waals surface area contributed by atoms with Crippen molar-refractivity contribution in [3.05, 3.63) is 41.0 Å². The molecule has 26 heavy (non-hydrogen) atoms. The molecular weight excluding hydrogens is 454 g/mol. The Bertz CT molecular complexity index is 712. The Morgan fingerprint density at radius 1 is 0.731 bits per heavy atom. The van der Waals surface area contributed by atoms with E-state index < -0.39 is 17.4 Å². The second-order valence-corrected chi connectivity index (χ2v) is 39.9. The molecule has 0 saturated carbocycles. The molecule has 150 valence electrons. The average molecular weight is 495 g/mol. The standard InChI is InChI=1S/2C10H15.2CH3.2ClH.H2Si.Zr/c2*1-8-5-6-9(7-8)10(2,3)4;;;;;;/h2*7H,6H2,1-4H3;2*1H3;2*1H;1H2;. The molecule has 0 bridgehead atoms. The second kappa shape index (κ2) is 7.81. The fraction of sp³-hybridized carbons (Fsp3) is 0.636. The molecule has 0 aromatic carbocycles. The number of rotatable bonds is 2. The van der Waals surface area contributed by atoms with Gasteiger partial charge in [-0.15, -0.1) is 24.8 Å². The van der Waals surface area contributed by atoms with Crippen molar-refractivity contribution in [2.75, 3.05) is 0 Å². The van der Waals surface area contributed by atoms with Crippen LogP contribution < -0.4 is 0 Å². The molecule has 2 aliphatic carbocycles. The third kappa shape index (κ3) is 4.97. The predicted molar refractivity (Wildman–Crippen MR) is 124 cm³/mol. The monoisotopic (exact) mass is 492 g/mol. The van der Waals surface area contributed by atoms with Crippen LogP contribution in [0.4, 0.5) is 0 Å². The van der Waals surface area contributed by atoms with Crippen molar-refractivity contribution >= 4 is 31.7 Å². The minimum Gasteiger partial charge on any atom is -0.147 e. The van der Waals surface area contributed by atoms with Gasteiger partial charge in [-0.3, -0.25) is 0 Å². The number of halogens is 2. The van der Waals surface area contributed by atoms with E-state index >= 15 is 0 Å². The van der Waals surface area contributed by atoms with Gasteiger partial charge in [0.25, 0.3) is 0 Å². The van der Waals surface area contributed by atoms with Crippen LogP contribution in [0.1, 0.15) is 68.2 Å². The third-order valence-electron chi connectivity index (χ3n) is 6.33. The Morgan fingerprint density at radius 2 is 1.00 bits per heavy atom. The molecule has 0 fully saturated rings. The predicted octanol–water partition coefficient (Wildman–Crippen LogP) is 7.46. The zero-order valence-corrected chi connectivity index (χ0v) is 24.1. The Balaban J connectivity index is 0.00000312. The molecule has 0 aromatic rings. The van der Waals surface area contributed by atoms with Gasteiger partial charge in [-0.1, -0.05) is 0 Å². The molecule has 0 atom stereocenters. The Labute approximate surface area is 177 Å². The van der Waals surface area contributed by atoms with Gasteiger partial charge in [-0.2, -0.15) is 0 Å². The van der Waals surface area contributed by atoms with Gasteiger partial charge in [0, 0.05) is 0 Å². The SMILES string of the molecule is CC1=[C]([Zr]([CH3])([CH3])(=[SiH2])[C]2=C(C)C=C(C(C)(C)C)C2)CC(C(C)(C)C)=C1.Cl.Cl. The summed E-state index contributed by atoms with van der Waals surface area (Å²) < 4.78 is 9.02. The quantitative estimate of drug-likeness (QED) is 0.349. The van der Waals surface area contributed by atoms with E-state index in [1.165, 1.54) is 12.8 Å². The van der Waals surface area contributed by atoms with Crippen LogP contribution in [0.2, 0.25) is 9.26 Å². The van der Waals surface area contributed by atoms with Crippen molar-refractivity contribution in [2.24, 2.45) is 10.8 Å². The second-order valence-electron chi connectivity index (χ2n) is 11.2. The normalized spacial score (nSPS) is 19.2. The van der Waals surface area contributed by atoms with E-state index in [2.05, 4.69) is 83.7 Å². The summed E-state index contributed by atoms with van der Waals surface area (Å²) in [6.07, 6.45) is 7.46. The van der Waals surface area contributed by atoms with Gasteiger partial charge < -0.3 is 0 Å². The maximum Gasteiger partial charge on any atom is -0.147 e. The van der Waals surface area contributed by atoms with Crippen molar-refractivity contribution in [1.82, 2.24) is 0 Å². The van der Waals surface area contributed by atoms with Crippen LogP contribution in [0, 0.1) is 10.8 Å². The van der Waals surface area contributed by atoms with Gasteiger partial charge in [0.2, 0.25) is 0 Å². The Hall–Kier alpha value is 0.640. The molecular formula is C22H40Cl2SiZr. The molecule has 0 N–H and O–H groups in total. The van der Waals surface area contributed by atoms with Gasteiger partial charge in [0.05, 0.1) is 0 Å². The van der Waals surface area contributed by atoms with Crippen LogP contribution in [0.25, 0.3) is 0 Å². The van der Waals surface area contributed by atoms with Crippen molar-refractivity contribution in [2.45, 2.75) is 77.5 Å². The molecule has 0 spiro atoms. The minimum atomic E-state index is -3.06. The van der Waals surface area contributed by atoms with Crippen molar-refractivity contribution in [1.29, 1.82) is 0 Å². The first-order chi connectivity index (χ1) is 10.5. The Morgan fingerprint density at radius 3 is 1.19 bits per heavy atom. The van der Waals surface area contributed by atoms with Crippen LogP contribution in [0.5, 0.6) is 0 Å². The molecule has 0 aliphatic heterocycles. The third-order valence-corrected chi connectivity index (χ3v) is 23.7. The number of allylic oxidation sites excluding steroid dienone is 8. The van der Waals surface area contributed by atoms with E-state index in [-0.39, 0.29) is 35.6 Å². The fourth-order valence-corrected chi connectivity index (χ4v) is 20.4. The summed E-state index contributed by atoms with van der Waals surface area (Å²) in [5.41, 5.74) is 7.00. The first kappa shape index (κ1) is 26.6. The molecule has 0 nitrogen and oxygen atoms in total. The van der Waals surface area contributed by atoms with Crippen LogP contribution in [-0.4, -0.2) is 6.88 Å². The molecule has 0 heterocycles. The van der Waals surface area contributed by atoms with Crippen LogP contribution >= 0.6 is 24.8 Å². The molecule has 4 heteroatoms. The maximum absolute atomic E-state index is 3.06. The van der Waals surface area contributed by atoms with E-state index in [0.717, 1.165) is 0 Å². The van der Waals surface area contributed by atoms with Gasteiger partial charge in [-0.05, 0) is 0 Å². The van der Waals surface area contributed by atoms with E-state index in [1.807, 2.05) is 6.56 Å². The molecule has 0 radical (unpaired) electrons.